The van der Waals surface area contributed by atoms with Crippen molar-refractivity contribution in [1.82, 2.24) is 4.98 Å². The fourth-order valence-corrected chi connectivity index (χ4v) is 2.12. The maximum atomic E-state index is 7.10. The topological polar surface area (TPSA) is 40.0 Å². The van der Waals surface area contributed by atoms with Crippen molar-refractivity contribution in [1.29, 1.82) is 5.41 Å². The van der Waals surface area contributed by atoms with Crippen LogP contribution in [0, 0.1) is 5.41 Å². The van der Waals surface area contributed by atoms with Gasteiger partial charge in [0.15, 0.2) is 5.13 Å². The van der Waals surface area contributed by atoms with Crippen molar-refractivity contribution in [3.8, 4) is 0 Å². The van der Waals surface area contributed by atoms with Gasteiger partial charge in [-0.3, -0.25) is 5.41 Å². The molecule has 0 aliphatic rings. The molecule has 0 aliphatic heterocycles. The third-order valence-corrected chi connectivity index (χ3v) is 2.88. The smallest absolute Gasteiger partial charge is 0.214 e. The molecule has 0 amide bonds. The van der Waals surface area contributed by atoms with E-state index in [1.165, 1.54) is 20.7 Å². The third-order valence-electron chi connectivity index (χ3n) is 0.775. The first-order chi connectivity index (χ1) is 4.20. The summed E-state index contributed by atoms with van der Waals surface area (Å²) in [6.45, 7) is 0. The van der Waals surface area contributed by atoms with Gasteiger partial charge in [-0.05, 0) is 20.7 Å². The Bertz CT molecular complexity index is 236. The molecule has 0 atom stereocenters. The molecular formula is C4H7N3S2. The fraction of sp³-hybridized carbons (Fsp3) is 0.500. The Morgan fingerprint density at radius 3 is 2.33 bits per heavy atom. The van der Waals surface area contributed by atoms with Gasteiger partial charge in [0.2, 0.25) is 4.80 Å². The van der Waals surface area contributed by atoms with Crippen molar-refractivity contribution in [2.45, 2.75) is 0 Å². The average molecular weight is 161 g/mol. The van der Waals surface area contributed by atoms with Crippen molar-refractivity contribution in [3.63, 3.8) is 0 Å². The maximum Gasteiger partial charge on any atom is 0.214 e. The zero-order chi connectivity index (χ0) is 6.85. The molecule has 50 valence electrons. The maximum absolute atomic E-state index is 7.10. The first kappa shape index (κ1) is 6.70. The van der Waals surface area contributed by atoms with Crippen LogP contribution in [0.5, 0.6) is 0 Å². The van der Waals surface area contributed by atoms with E-state index in [9.17, 15) is 0 Å². The highest BCUT2D eigenvalue weighted by Crippen LogP contribution is 2.14. The summed E-state index contributed by atoms with van der Waals surface area (Å²) in [5.74, 6) is 0. The van der Waals surface area contributed by atoms with E-state index in [1.54, 1.807) is 0 Å². The zero-order valence-corrected chi connectivity index (χ0v) is 6.84. The Labute approximate surface area is 60.5 Å². The van der Waals surface area contributed by atoms with Crippen LogP contribution >= 0.6 is 20.7 Å². The Morgan fingerprint density at radius 2 is 2.11 bits per heavy atom. The van der Waals surface area contributed by atoms with E-state index in [0.717, 1.165) is 5.13 Å². The number of anilines is 1. The second kappa shape index (κ2) is 2.45. The summed E-state index contributed by atoms with van der Waals surface area (Å²) in [7, 11) is 6.76. The molecule has 0 saturated heterocycles. The zero-order valence-electron chi connectivity index (χ0n) is 5.21. The van der Waals surface area contributed by atoms with Crippen LogP contribution in [0.25, 0.3) is 0 Å². The molecule has 1 aromatic heterocycles. The molecule has 3 nitrogen and oxygen atoms in total. The molecule has 1 N–H and O–H groups in total. The van der Waals surface area contributed by atoms with Crippen LogP contribution in [-0.4, -0.2) is 19.1 Å². The quantitative estimate of drug-likeness (QED) is 0.617. The summed E-state index contributed by atoms with van der Waals surface area (Å²) in [6.07, 6.45) is 0. The average Bonchev–Trinajstić information content (AvgIpc) is 2.14. The highest BCUT2D eigenvalue weighted by Gasteiger charge is 1.96. The van der Waals surface area contributed by atoms with Gasteiger partial charge in [0.25, 0.3) is 0 Å². The second-order valence-electron chi connectivity index (χ2n) is 1.76. The first-order valence-corrected chi connectivity index (χ1v) is 4.54. The van der Waals surface area contributed by atoms with E-state index >= 15 is 0 Å². The standard InChI is InChI=1S/C4H7N3S2/c1-7(2)4-6-3(5)8-9-4/h5H,1-2H3. The lowest BCUT2D eigenvalue weighted by Crippen LogP contribution is -2.09. The van der Waals surface area contributed by atoms with Crippen LogP contribution in [0.1, 0.15) is 0 Å². The lowest BCUT2D eigenvalue weighted by Gasteiger charge is -2.03. The Balaban J connectivity index is 2.98. The van der Waals surface area contributed by atoms with Crippen LogP contribution in [0.4, 0.5) is 5.13 Å². The number of hydrogen-bond donors (Lipinski definition) is 1. The molecule has 0 aliphatic carbocycles. The molecule has 1 rings (SSSR count). The molecule has 0 bridgehead atoms. The molecule has 9 heavy (non-hydrogen) atoms. The summed E-state index contributed by atoms with van der Waals surface area (Å²) in [5, 5.41) is 8.01. The van der Waals surface area contributed by atoms with Crippen LogP contribution in [0.15, 0.2) is 0 Å². The van der Waals surface area contributed by atoms with Gasteiger partial charge in [-0.1, -0.05) is 0 Å². The second-order valence-corrected chi connectivity index (χ2v) is 3.85. The van der Waals surface area contributed by atoms with E-state index in [4.69, 9.17) is 5.41 Å². The molecule has 0 spiro atoms. The summed E-state index contributed by atoms with van der Waals surface area (Å²) < 4.78 is 0. The molecule has 5 heteroatoms. The van der Waals surface area contributed by atoms with Gasteiger partial charge >= 0.3 is 0 Å². The summed E-state index contributed by atoms with van der Waals surface area (Å²) in [4.78, 5) is 6.23. The van der Waals surface area contributed by atoms with Crippen molar-refractivity contribution in [2.75, 3.05) is 19.0 Å². The molecule has 0 aromatic carbocycles. The predicted molar refractivity (Wildman–Crippen MR) is 40.2 cm³/mol. The highest BCUT2D eigenvalue weighted by molar-refractivity contribution is 7.69. The van der Waals surface area contributed by atoms with Crippen LogP contribution in [0.2, 0.25) is 0 Å². The molecule has 0 radical (unpaired) electrons. The molecule has 0 unspecified atom stereocenters. The van der Waals surface area contributed by atoms with Gasteiger partial charge in [0.1, 0.15) is 0 Å². The first-order valence-electron chi connectivity index (χ1n) is 2.39. The van der Waals surface area contributed by atoms with Crippen molar-refractivity contribution in [3.05, 3.63) is 4.80 Å². The summed E-state index contributed by atoms with van der Waals surface area (Å²) in [5.41, 5.74) is 0. The lowest BCUT2D eigenvalue weighted by atomic mass is 10.9. The molecule has 1 aromatic rings. The largest absolute Gasteiger partial charge is 0.353 e. The van der Waals surface area contributed by atoms with E-state index in [2.05, 4.69) is 4.98 Å². The monoisotopic (exact) mass is 161 g/mol. The van der Waals surface area contributed by atoms with Gasteiger partial charge in [0, 0.05) is 14.1 Å². The normalized spacial score (nSPS) is 9.56. The minimum Gasteiger partial charge on any atom is -0.353 e. The number of nitrogens with zero attached hydrogens (tertiary/aromatic N) is 2. The van der Waals surface area contributed by atoms with E-state index in [0.29, 0.717) is 4.80 Å². The minimum absolute atomic E-state index is 0.392. The minimum atomic E-state index is 0.392. The van der Waals surface area contributed by atoms with E-state index in [-0.39, 0.29) is 0 Å². The van der Waals surface area contributed by atoms with Gasteiger partial charge in [-0.25, -0.2) is 0 Å². The van der Waals surface area contributed by atoms with Gasteiger partial charge in [-0.2, -0.15) is 4.98 Å². The van der Waals surface area contributed by atoms with Gasteiger partial charge in [-0.15, -0.1) is 0 Å². The number of nitrogens with one attached hydrogen (secondary N) is 1. The van der Waals surface area contributed by atoms with E-state index < -0.39 is 0 Å². The van der Waals surface area contributed by atoms with Gasteiger partial charge < -0.3 is 4.90 Å². The molecular weight excluding hydrogens is 154 g/mol. The van der Waals surface area contributed by atoms with Crippen molar-refractivity contribution < 1.29 is 0 Å². The Hall–Kier alpha value is -0.420. The van der Waals surface area contributed by atoms with Crippen LogP contribution in [-0.2, 0) is 0 Å². The summed E-state index contributed by atoms with van der Waals surface area (Å²) in [6, 6.07) is 0. The van der Waals surface area contributed by atoms with Gasteiger partial charge in [0.05, 0.1) is 0 Å². The SMILES string of the molecule is CN(C)c1nc(=N)ss1. The number of aromatic nitrogens is 1. The van der Waals surface area contributed by atoms with Crippen molar-refractivity contribution >= 4 is 25.8 Å². The molecule has 1 heterocycles. The number of rotatable bonds is 1. The van der Waals surface area contributed by atoms with Crippen LogP contribution in [0.3, 0.4) is 0 Å². The highest BCUT2D eigenvalue weighted by atomic mass is 32.9. The molecule has 0 saturated carbocycles. The Morgan fingerprint density at radius 1 is 1.44 bits per heavy atom. The predicted octanol–water partition coefficient (Wildman–Crippen LogP) is 0.750. The third kappa shape index (κ3) is 1.49. The Kier molecular flexibility index (Phi) is 1.82. The molecule has 0 fully saturated rings. The number of hydrogen-bond acceptors (Lipinski definition) is 5. The van der Waals surface area contributed by atoms with Crippen LogP contribution < -0.4 is 9.70 Å². The fourth-order valence-electron chi connectivity index (χ4n) is 0.375. The summed E-state index contributed by atoms with van der Waals surface area (Å²) >= 11 is 0. The van der Waals surface area contributed by atoms with Crippen molar-refractivity contribution in [2.24, 2.45) is 0 Å². The lowest BCUT2D eigenvalue weighted by molar-refractivity contribution is 1.07. The van der Waals surface area contributed by atoms with E-state index in [1.807, 2.05) is 19.0 Å².